The van der Waals surface area contributed by atoms with Crippen LogP contribution in [0, 0.1) is 5.82 Å². The molecule has 0 bridgehead atoms. The predicted octanol–water partition coefficient (Wildman–Crippen LogP) is 4.88. The highest BCUT2D eigenvalue weighted by molar-refractivity contribution is 7.15. The van der Waals surface area contributed by atoms with E-state index in [0.29, 0.717) is 5.82 Å². The van der Waals surface area contributed by atoms with Gasteiger partial charge in [-0.05, 0) is 50.1 Å². The van der Waals surface area contributed by atoms with Gasteiger partial charge in [0.05, 0.1) is 0 Å². The van der Waals surface area contributed by atoms with Crippen molar-refractivity contribution in [1.82, 2.24) is 19.9 Å². The van der Waals surface area contributed by atoms with Crippen molar-refractivity contribution in [2.24, 2.45) is 0 Å². The highest BCUT2D eigenvalue weighted by Crippen LogP contribution is 2.33. The number of aryl methyl sites for hydroxylation is 1. The second kappa shape index (κ2) is 9.07. The largest absolute Gasteiger partial charge is 0.421 e. The van der Waals surface area contributed by atoms with E-state index in [-0.39, 0.29) is 11.8 Å². The lowest BCUT2D eigenvalue weighted by atomic mass is 10.1. The fourth-order valence-corrected chi connectivity index (χ4v) is 4.81. The zero-order valence-corrected chi connectivity index (χ0v) is 19.9. The second-order valence-electron chi connectivity index (χ2n) is 8.55. The van der Waals surface area contributed by atoms with Gasteiger partial charge in [0.15, 0.2) is 16.7 Å². The first-order valence-electron chi connectivity index (χ1n) is 11.2. The number of piperazine rings is 1. The molecule has 1 N–H and O–H groups in total. The molecule has 2 aliphatic rings. The maximum Gasteiger partial charge on any atom is 0.326 e. The fourth-order valence-electron chi connectivity index (χ4n) is 4.05. The molecule has 1 aliphatic carbocycles. The molecule has 172 valence electrons. The molecule has 5 rings (SSSR count). The number of hydrogen-bond donors (Lipinski definition) is 1. The van der Waals surface area contributed by atoms with Crippen LogP contribution in [0.4, 0.5) is 21.2 Å². The molecule has 7 nitrogen and oxygen atoms in total. The standard InChI is InChI=1S/C24H27FN6OS/c1-4-18-14-26-24(33-18)28-21-13-22(31-7-5-30(3)6-8-31)29-23(27-21)32-20-12-17-10-15(2)9-16(17)11-19(20)25/h10-14H,4-9H2,1-3H3,(H,26,27,28,29). The van der Waals surface area contributed by atoms with Gasteiger partial charge in [0.1, 0.15) is 11.6 Å². The van der Waals surface area contributed by atoms with Gasteiger partial charge in [0, 0.05) is 43.3 Å². The summed E-state index contributed by atoms with van der Waals surface area (Å²) in [5.74, 6) is 1.04. The first-order valence-corrected chi connectivity index (χ1v) is 12.0. The van der Waals surface area contributed by atoms with E-state index < -0.39 is 5.82 Å². The summed E-state index contributed by atoms with van der Waals surface area (Å²) in [4.78, 5) is 19.2. The van der Waals surface area contributed by atoms with Crippen molar-refractivity contribution in [2.75, 3.05) is 43.4 Å². The first-order chi connectivity index (χ1) is 16.0. The minimum absolute atomic E-state index is 0.110. The summed E-state index contributed by atoms with van der Waals surface area (Å²) in [5, 5.41) is 4.03. The Morgan fingerprint density at radius 3 is 2.73 bits per heavy atom. The number of anilines is 3. The quantitative estimate of drug-likeness (QED) is 0.555. The first kappa shape index (κ1) is 21.8. The maximum absolute atomic E-state index is 14.8. The molecule has 0 radical (unpaired) electrons. The summed E-state index contributed by atoms with van der Waals surface area (Å²) >= 11 is 1.59. The van der Waals surface area contributed by atoms with Crippen LogP contribution in [0.1, 0.15) is 29.9 Å². The van der Waals surface area contributed by atoms with E-state index in [1.807, 2.05) is 19.2 Å². The Hall–Kier alpha value is -3.04. The number of benzene rings is 1. The Labute approximate surface area is 197 Å². The molecule has 1 fully saturated rings. The Kier molecular flexibility index (Phi) is 5.99. The van der Waals surface area contributed by atoms with Crippen molar-refractivity contribution in [3.63, 3.8) is 0 Å². The van der Waals surface area contributed by atoms with Gasteiger partial charge >= 0.3 is 6.01 Å². The van der Waals surface area contributed by atoms with E-state index in [1.54, 1.807) is 23.5 Å². The third kappa shape index (κ3) is 4.84. The molecule has 0 spiro atoms. The third-order valence-electron chi connectivity index (χ3n) is 5.92. The number of thiazole rings is 1. The molecule has 1 aliphatic heterocycles. The summed E-state index contributed by atoms with van der Waals surface area (Å²) in [5.41, 5.74) is 3.16. The number of hydrogen-bond acceptors (Lipinski definition) is 8. The van der Waals surface area contributed by atoms with Crippen LogP contribution in [0.15, 0.2) is 30.0 Å². The number of nitrogens with one attached hydrogen (secondary N) is 1. The van der Waals surface area contributed by atoms with Crippen LogP contribution in [0.3, 0.4) is 0 Å². The highest BCUT2D eigenvalue weighted by atomic mass is 32.1. The lowest BCUT2D eigenvalue weighted by Crippen LogP contribution is -2.44. The number of aromatic nitrogens is 3. The second-order valence-corrected chi connectivity index (χ2v) is 9.66. The number of fused-ring (bicyclic) bond motifs is 1. The number of ether oxygens (including phenoxy) is 1. The van der Waals surface area contributed by atoms with Crippen LogP contribution >= 0.6 is 11.3 Å². The van der Waals surface area contributed by atoms with E-state index in [1.165, 1.54) is 10.5 Å². The normalized spacial score (nSPS) is 16.0. The lowest BCUT2D eigenvalue weighted by Gasteiger charge is -2.33. The average molecular weight is 467 g/mol. The topological polar surface area (TPSA) is 66.4 Å². The van der Waals surface area contributed by atoms with Crippen LogP contribution < -0.4 is 15.0 Å². The van der Waals surface area contributed by atoms with Gasteiger partial charge in [-0.15, -0.1) is 11.3 Å². The smallest absolute Gasteiger partial charge is 0.326 e. The van der Waals surface area contributed by atoms with Crippen molar-refractivity contribution in [2.45, 2.75) is 26.7 Å². The number of rotatable bonds is 6. The molecule has 2 aromatic heterocycles. The molecule has 33 heavy (non-hydrogen) atoms. The third-order valence-corrected chi connectivity index (χ3v) is 6.98. The van der Waals surface area contributed by atoms with Crippen molar-refractivity contribution < 1.29 is 9.13 Å². The number of allylic oxidation sites excluding steroid dienone is 1. The van der Waals surface area contributed by atoms with Gasteiger partial charge in [-0.3, -0.25) is 0 Å². The summed E-state index contributed by atoms with van der Waals surface area (Å²) in [6, 6.07) is 5.28. The van der Waals surface area contributed by atoms with Crippen molar-refractivity contribution >= 4 is 34.2 Å². The summed E-state index contributed by atoms with van der Waals surface area (Å²) in [7, 11) is 2.11. The minimum Gasteiger partial charge on any atom is -0.421 e. The van der Waals surface area contributed by atoms with Gasteiger partial charge in [-0.1, -0.05) is 18.6 Å². The van der Waals surface area contributed by atoms with Crippen LogP contribution in [0.5, 0.6) is 11.8 Å². The molecule has 0 amide bonds. The van der Waals surface area contributed by atoms with Crippen LogP contribution in [-0.2, 0) is 12.8 Å². The molecule has 1 aromatic carbocycles. The molecule has 0 atom stereocenters. The lowest BCUT2D eigenvalue weighted by molar-refractivity contribution is 0.311. The van der Waals surface area contributed by atoms with E-state index in [9.17, 15) is 4.39 Å². The van der Waals surface area contributed by atoms with Gasteiger partial charge in [0.2, 0.25) is 0 Å². The summed E-state index contributed by atoms with van der Waals surface area (Å²) < 4.78 is 20.7. The summed E-state index contributed by atoms with van der Waals surface area (Å²) in [6.07, 6.45) is 5.62. The van der Waals surface area contributed by atoms with E-state index in [0.717, 1.165) is 61.1 Å². The molecule has 3 heterocycles. The van der Waals surface area contributed by atoms with E-state index in [2.05, 4.69) is 50.1 Å². The van der Waals surface area contributed by atoms with Crippen LogP contribution in [0.2, 0.25) is 0 Å². The Morgan fingerprint density at radius 2 is 1.97 bits per heavy atom. The minimum atomic E-state index is -0.410. The van der Waals surface area contributed by atoms with Gasteiger partial charge < -0.3 is 19.9 Å². The van der Waals surface area contributed by atoms with Crippen molar-refractivity contribution in [1.29, 1.82) is 0 Å². The molecular formula is C24H27FN6OS. The zero-order valence-electron chi connectivity index (χ0n) is 19.1. The summed E-state index contributed by atoms with van der Waals surface area (Å²) in [6.45, 7) is 7.73. The molecular weight excluding hydrogens is 439 g/mol. The highest BCUT2D eigenvalue weighted by Gasteiger charge is 2.20. The number of likely N-dealkylation sites (N-methyl/N-ethyl adjacent to an activating group) is 1. The number of nitrogens with zero attached hydrogens (tertiary/aromatic N) is 5. The van der Waals surface area contributed by atoms with Crippen LogP contribution in [-0.4, -0.2) is 53.1 Å². The molecule has 1 saturated heterocycles. The van der Waals surface area contributed by atoms with Gasteiger partial charge in [-0.25, -0.2) is 9.37 Å². The number of halogens is 1. The molecule has 9 heteroatoms. The molecule has 3 aromatic rings. The Balaban J connectivity index is 1.46. The van der Waals surface area contributed by atoms with Crippen LogP contribution in [0.25, 0.3) is 6.08 Å². The SMILES string of the molecule is CCc1cnc(Nc2cc(N3CCN(C)CC3)nc(Oc3cc4c(cc3F)CC(C)=C4)n2)s1. The average Bonchev–Trinajstić information content (AvgIpc) is 3.39. The van der Waals surface area contributed by atoms with E-state index in [4.69, 9.17) is 4.74 Å². The van der Waals surface area contributed by atoms with Crippen molar-refractivity contribution in [3.05, 3.63) is 51.8 Å². The Bertz CT molecular complexity index is 1200. The predicted molar refractivity (Wildman–Crippen MR) is 130 cm³/mol. The van der Waals surface area contributed by atoms with Gasteiger partial charge in [-0.2, -0.15) is 9.97 Å². The molecule has 0 saturated carbocycles. The molecule has 0 unspecified atom stereocenters. The Morgan fingerprint density at radius 1 is 1.15 bits per heavy atom. The van der Waals surface area contributed by atoms with Gasteiger partial charge in [0.25, 0.3) is 0 Å². The van der Waals surface area contributed by atoms with Crippen molar-refractivity contribution in [3.8, 4) is 11.8 Å². The fraction of sp³-hybridized carbons (Fsp3) is 0.375. The monoisotopic (exact) mass is 466 g/mol. The van der Waals surface area contributed by atoms with E-state index >= 15 is 0 Å². The zero-order chi connectivity index (χ0) is 22.9. The maximum atomic E-state index is 14.8.